The van der Waals surface area contributed by atoms with Crippen LogP contribution in [0.2, 0.25) is 0 Å². The Balaban J connectivity index is 2.27. The number of aromatic nitrogens is 2. The van der Waals surface area contributed by atoms with Gasteiger partial charge in [0.15, 0.2) is 0 Å². The molecule has 0 fully saturated rings. The number of rotatable bonds is 4. The van der Waals surface area contributed by atoms with Gasteiger partial charge in [0.25, 0.3) is 0 Å². The van der Waals surface area contributed by atoms with Crippen LogP contribution in [0.25, 0.3) is 0 Å². The summed E-state index contributed by atoms with van der Waals surface area (Å²) >= 11 is 0. The summed E-state index contributed by atoms with van der Waals surface area (Å²) in [5, 5.41) is 15.1. The Labute approximate surface area is 112 Å². The summed E-state index contributed by atoms with van der Waals surface area (Å²) in [5.41, 5.74) is 2.23. The summed E-state index contributed by atoms with van der Waals surface area (Å²) in [5.74, 6) is 0. The molecular formula is C12H16N4O2S. The van der Waals surface area contributed by atoms with Crippen molar-refractivity contribution >= 4 is 15.7 Å². The third-order valence-corrected chi connectivity index (χ3v) is 3.92. The highest BCUT2D eigenvalue weighted by molar-refractivity contribution is 7.89. The molecule has 102 valence electrons. The molecular weight excluding hydrogens is 264 g/mol. The zero-order valence-corrected chi connectivity index (χ0v) is 11.5. The molecule has 6 nitrogen and oxygen atoms in total. The Morgan fingerprint density at radius 1 is 1.37 bits per heavy atom. The first-order valence-electron chi connectivity index (χ1n) is 5.77. The molecule has 2 rings (SSSR count). The van der Waals surface area contributed by atoms with Crippen molar-refractivity contribution in [3.05, 3.63) is 41.7 Å². The largest absolute Gasteiger partial charge is 0.377 e. The lowest BCUT2D eigenvalue weighted by Gasteiger charge is -2.15. The smallest absolute Gasteiger partial charge is 0.238 e. The minimum Gasteiger partial charge on any atom is -0.377 e. The fraction of sp³-hybridized carbons (Fsp3) is 0.250. The van der Waals surface area contributed by atoms with Crippen molar-refractivity contribution in [2.24, 2.45) is 5.14 Å². The molecule has 7 heteroatoms. The molecule has 4 N–H and O–H groups in total. The molecule has 19 heavy (non-hydrogen) atoms. The van der Waals surface area contributed by atoms with Gasteiger partial charge in [-0.05, 0) is 37.6 Å². The zero-order valence-electron chi connectivity index (χ0n) is 10.7. The Hall–Kier alpha value is -1.86. The molecule has 0 bridgehead atoms. The lowest BCUT2D eigenvalue weighted by atomic mass is 10.2. The number of nitrogens with one attached hydrogen (secondary N) is 2. The standard InChI is InChI=1S/C12H16N4O2S/c1-8-3-4-10(7-12(8)19(13,17)18)15-9(2)11-5-6-14-16-11/h3-7,9,15H,1-2H3,(H,14,16)(H2,13,17,18). The van der Waals surface area contributed by atoms with Gasteiger partial charge in [-0.2, -0.15) is 5.10 Å². The summed E-state index contributed by atoms with van der Waals surface area (Å²) in [6, 6.07) is 6.92. The lowest BCUT2D eigenvalue weighted by Crippen LogP contribution is -2.14. The first-order valence-corrected chi connectivity index (χ1v) is 7.32. The number of hydrogen-bond donors (Lipinski definition) is 3. The van der Waals surface area contributed by atoms with Gasteiger partial charge in [0.05, 0.1) is 16.6 Å². The Bertz CT molecular complexity index is 665. The van der Waals surface area contributed by atoms with Crippen LogP contribution in [-0.4, -0.2) is 18.6 Å². The molecule has 0 amide bonds. The van der Waals surface area contributed by atoms with E-state index in [2.05, 4.69) is 15.5 Å². The SMILES string of the molecule is Cc1ccc(NC(C)c2ccn[nH]2)cc1S(N)(=O)=O. The second kappa shape index (κ2) is 5.02. The number of primary sulfonamides is 1. The first-order chi connectivity index (χ1) is 8.88. The number of hydrogen-bond acceptors (Lipinski definition) is 4. The van der Waals surface area contributed by atoms with Gasteiger partial charge >= 0.3 is 0 Å². The van der Waals surface area contributed by atoms with Gasteiger partial charge in [0, 0.05) is 11.9 Å². The predicted octanol–water partition coefficient (Wildman–Crippen LogP) is 1.54. The Kier molecular flexibility index (Phi) is 3.59. The number of anilines is 1. The maximum Gasteiger partial charge on any atom is 0.238 e. The van der Waals surface area contributed by atoms with Gasteiger partial charge in [-0.15, -0.1) is 0 Å². The van der Waals surface area contributed by atoms with Crippen LogP contribution in [-0.2, 0) is 10.0 Å². The molecule has 0 radical (unpaired) electrons. The van der Waals surface area contributed by atoms with Gasteiger partial charge in [0.2, 0.25) is 10.0 Å². The molecule has 2 aromatic rings. The van der Waals surface area contributed by atoms with E-state index < -0.39 is 10.0 Å². The van der Waals surface area contributed by atoms with Crippen molar-refractivity contribution in [2.75, 3.05) is 5.32 Å². The van der Waals surface area contributed by atoms with Crippen LogP contribution in [0.3, 0.4) is 0 Å². The van der Waals surface area contributed by atoms with Gasteiger partial charge in [-0.1, -0.05) is 6.07 Å². The summed E-state index contributed by atoms with van der Waals surface area (Å²) in [6.07, 6.45) is 1.67. The maximum atomic E-state index is 11.5. The lowest BCUT2D eigenvalue weighted by molar-refractivity contribution is 0.597. The fourth-order valence-corrected chi connectivity index (χ4v) is 2.64. The van der Waals surface area contributed by atoms with E-state index in [0.29, 0.717) is 11.3 Å². The molecule has 1 aromatic heterocycles. The number of nitrogens with two attached hydrogens (primary N) is 1. The highest BCUT2D eigenvalue weighted by Gasteiger charge is 2.13. The molecule has 1 unspecified atom stereocenters. The van der Waals surface area contributed by atoms with Gasteiger partial charge in [0.1, 0.15) is 0 Å². The van der Waals surface area contributed by atoms with Gasteiger partial charge in [-0.25, -0.2) is 13.6 Å². The number of H-pyrrole nitrogens is 1. The normalized spacial score (nSPS) is 13.2. The van der Waals surface area contributed by atoms with Crippen LogP contribution in [0.1, 0.15) is 24.2 Å². The van der Waals surface area contributed by atoms with Crippen molar-refractivity contribution in [3.63, 3.8) is 0 Å². The van der Waals surface area contributed by atoms with E-state index >= 15 is 0 Å². The van der Waals surface area contributed by atoms with Crippen LogP contribution in [0, 0.1) is 6.92 Å². The number of aryl methyl sites for hydroxylation is 1. The molecule has 0 aliphatic heterocycles. The van der Waals surface area contributed by atoms with Crippen molar-refractivity contribution in [1.82, 2.24) is 10.2 Å². The number of benzene rings is 1. The van der Waals surface area contributed by atoms with E-state index in [1.165, 1.54) is 6.07 Å². The van der Waals surface area contributed by atoms with Crippen LogP contribution in [0.15, 0.2) is 35.4 Å². The highest BCUT2D eigenvalue weighted by atomic mass is 32.2. The molecule has 0 spiro atoms. The van der Waals surface area contributed by atoms with Gasteiger partial charge in [-0.3, -0.25) is 5.10 Å². The molecule has 1 heterocycles. The van der Waals surface area contributed by atoms with Crippen molar-refractivity contribution in [1.29, 1.82) is 0 Å². The third-order valence-electron chi connectivity index (χ3n) is 2.87. The van der Waals surface area contributed by atoms with Crippen molar-refractivity contribution in [2.45, 2.75) is 24.8 Å². The maximum absolute atomic E-state index is 11.5. The Morgan fingerprint density at radius 2 is 2.11 bits per heavy atom. The van der Waals surface area contributed by atoms with E-state index in [4.69, 9.17) is 5.14 Å². The molecule has 0 saturated heterocycles. The quantitative estimate of drug-likeness (QED) is 0.790. The first kappa shape index (κ1) is 13.6. The third kappa shape index (κ3) is 3.12. The minimum atomic E-state index is -3.71. The summed E-state index contributed by atoms with van der Waals surface area (Å²) in [4.78, 5) is 0.134. The molecule has 0 aliphatic carbocycles. The molecule has 1 aromatic carbocycles. The zero-order chi connectivity index (χ0) is 14.0. The van der Waals surface area contributed by atoms with E-state index in [1.807, 2.05) is 19.1 Å². The van der Waals surface area contributed by atoms with Crippen LogP contribution in [0.5, 0.6) is 0 Å². The molecule has 1 atom stereocenters. The molecule has 0 saturated carbocycles. The molecule has 0 aliphatic rings. The summed E-state index contributed by atoms with van der Waals surface area (Å²) < 4.78 is 22.9. The summed E-state index contributed by atoms with van der Waals surface area (Å²) in [6.45, 7) is 3.66. The van der Waals surface area contributed by atoms with E-state index in [-0.39, 0.29) is 10.9 Å². The predicted molar refractivity (Wildman–Crippen MR) is 73.2 cm³/mol. The van der Waals surface area contributed by atoms with E-state index in [0.717, 1.165) is 5.69 Å². The van der Waals surface area contributed by atoms with Crippen LogP contribution in [0.4, 0.5) is 5.69 Å². The number of nitrogens with zero attached hydrogens (tertiary/aromatic N) is 1. The van der Waals surface area contributed by atoms with Crippen LogP contribution >= 0.6 is 0 Å². The van der Waals surface area contributed by atoms with Crippen molar-refractivity contribution in [3.8, 4) is 0 Å². The Morgan fingerprint density at radius 3 is 2.68 bits per heavy atom. The van der Waals surface area contributed by atoms with E-state index in [1.54, 1.807) is 19.2 Å². The van der Waals surface area contributed by atoms with E-state index in [9.17, 15) is 8.42 Å². The highest BCUT2D eigenvalue weighted by Crippen LogP contribution is 2.22. The van der Waals surface area contributed by atoms with Crippen LogP contribution < -0.4 is 10.5 Å². The topological polar surface area (TPSA) is 101 Å². The second-order valence-electron chi connectivity index (χ2n) is 4.40. The van der Waals surface area contributed by atoms with Gasteiger partial charge < -0.3 is 5.32 Å². The monoisotopic (exact) mass is 280 g/mol. The van der Waals surface area contributed by atoms with Crippen molar-refractivity contribution < 1.29 is 8.42 Å². The second-order valence-corrected chi connectivity index (χ2v) is 5.93. The minimum absolute atomic E-state index is 0.0152. The number of sulfonamides is 1. The fourth-order valence-electron chi connectivity index (χ4n) is 1.83. The summed E-state index contributed by atoms with van der Waals surface area (Å²) in [7, 11) is -3.71. The average Bonchev–Trinajstić information content (AvgIpc) is 2.83. The number of aromatic amines is 1. The average molecular weight is 280 g/mol.